The Morgan fingerprint density at radius 2 is 1.71 bits per heavy atom. The summed E-state index contributed by atoms with van der Waals surface area (Å²) >= 11 is 0. The van der Waals surface area contributed by atoms with Gasteiger partial charge in [-0.3, -0.25) is 0 Å². The van der Waals surface area contributed by atoms with Crippen LogP contribution in [-0.2, 0) is 0 Å². The molecule has 0 aliphatic carbocycles. The van der Waals surface area contributed by atoms with Crippen molar-refractivity contribution in [1.82, 2.24) is 0 Å². The van der Waals surface area contributed by atoms with Crippen LogP contribution in [0.25, 0.3) is 0 Å². The molecular formula is C9H10NO4-. The van der Waals surface area contributed by atoms with Crippen LogP contribution < -0.4 is 20.3 Å². The van der Waals surface area contributed by atoms with Crippen LogP contribution in [0.5, 0.6) is 11.5 Å². The minimum atomic E-state index is -1.30. The summed E-state index contributed by atoms with van der Waals surface area (Å²) in [4.78, 5) is 10.6. The van der Waals surface area contributed by atoms with E-state index < -0.39 is 5.97 Å². The summed E-state index contributed by atoms with van der Waals surface area (Å²) < 4.78 is 9.76. The van der Waals surface area contributed by atoms with Gasteiger partial charge in [0, 0.05) is 5.56 Å². The van der Waals surface area contributed by atoms with Gasteiger partial charge in [0.05, 0.1) is 20.2 Å². The Bertz CT molecular complexity index is 337. The molecule has 0 aromatic heterocycles. The topological polar surface area (TPSA) is 84.6 Å². The number of nitrogens with two attached hydrogens (primary N) is 1. The predicted octanol–water partition coefficient (Wildman–Crippen LogP) is -0.351. The molecule has 0 saturated carbocycles. The smallest absolute Gasteiger partial charge is 0.146 e. The zero-order valence-electron chi connectivity index (χ0n) is 7.87. The van der Waals surface area contributed by atoms with Crippen molar-refractivity contribution in [2.75, 3.05) is 20.0 Å². The number of nitrogen functional groups attached to an aromatic ring is 1. The zero-order valence-corrected chi connectivity index (χ0v) is 7.87. The lowest BCUT2D eigenvalue weighted by atomic mass is 10.1. The van der Waals surface area contributed by atoms with E-state index in [0.29, 0.717) is 0 Å². The van der Waals surface area contributed by atoms with E-state index >= 15 is 0 Å². The number of rotatable bonds is 3. The fourth-order valence-corrected chi connectivity index (χ4v) is 1.06. The molecule has 1 aromatic rings. The van der Waals surface area contributed by atoms with Crippen molar-refractivity contribution in [2.45, 2.75) is 0 Å². The second kappa shape index (κ2) is 3.87. The quantitative estimate of drug-likeness (QED) is 0.668. The van der Waals surface area contributed by atoms with Gasteiger partial charge in [-0.05, 0) is 12.1 Å². The highest BCUT2D eigenvalue weighted by Crippen LogP contribution is 2.32. The molecule has 0 saturated heterocycles. The fourth-order valence-electron chi connectivity index (χ4n) is 1.06. The summed E-state index contributed by atoms with van der Waals surface area (Å²) in [5, 5.41) is 10.6. The Kier molecular flexibility index (Phi) is 2.81. The largest absolute Gasteiger partial charge is 0.545 e. The normalized spacial score (nSPS) is 9.57. The van der Waals surface area contributed by atoms with Crippen LogP contribution in [-0.4, -0.2) is 20.2 Å². The van der Waals surface area contributed by atoms with E-state index in [-0.39, 0.29) is 22.7 Å². The average Bonchev–Trinajstić information content (AvgIpc) is 2.17. The Balaban J connectivity index is 3.32. The number of hydrogen-bond acceptors (Lipinski definition) is 5. The van der Waals surface area contributed by atoms with Gasteiger partial charge in [0.2, 0.25) is 0 Å². The monoisotopic (exact) mass is 196 g/mol. The van der Waals surface area contributed by atoms with Crippen molar-refractivity contribution in [3.63, 3.8) is 0 Å². The lowest BCUT2D eigenvalue weighted by Gasteiger charge is -2.12. The highest BCUT2D eigenvalue weighted by molar-refractivity contribution is 5.88. The minimum absolute atomic E-state index is 0.0344. The number of anilines is 1. The third-order valence-corrected chi connectivity index (χ3v) is 1.78. The number of hydrogen-bond donors (Lipinski definition) is 1. The van der Waals surface area contributed by atoms with Crippen LogP contribution in [0, 0.1) is 0 Å². The number of methoxy groups -OCH3 is 2. The van der Waals surface area contributed by atoms with Gasteiger partial charge in [-0.1, -0.05) is 0 Å². The maximum atomic E-state index is 10.6. The van der Waals surface area contributed by atoms with Gasteiger partial charge in [0.25, 0.3) is 0 Å². The Hall–Kier alpha value is -1.91. The first kappa shape index (κ1) is 10.2. The van der Waals surface area contributed by atoms with Crippen molar-refractivity contribution in [3.05, 3.63) is 17.7 Å². The zero-order chi connectivity index (χ0) is 10.7. The number of carboxylic acids is 1. The Morgan fingerprint density at radius 3 is 2.00 bits per heavy atom. The molecule has 5 nitrogen and oxygen atoms in total. The maximum Gasteiger partial charge on any atom is 0.146 e. The molecule has 0 radical (unpaired) electrons. The van der Waals surface area contributed by atoms with E-state index in [1.165, 1.54) is 26.4 Å². The van der Waals surface area contributed by atoms with Gasteiger partial charge in [0.1, 0.15) is 17.2 Å². The van der Waals surface area contributed by atoms with E-state index in [0.717, 1.165) is 0 Å². The maximum absolute atomic E-state index is 10.6. The number of carbonyl (C=O) groups is 1. The van der Waals surface area contributed by atoms with Crippen molar-refractivity contribution in [2.24, 2.45) is 0 Å². The summed E-state index contributed by atoms with van der Waals surface area (Å²) in [6.45, 7) is 0. The summed E-state index contributed by atoms with van der Waals surface area (Å²) in [6.07, 6.45) is 0. The van der Waals surface area contributed by atoms with E-state index in [9.17, 15) is 9.90 Å². The van der Waals surface area contributed by atoms with Gasteiger partial charge >= 0.3 is 0 Å². The molecule has 0 spiro atoms. The molecule has 0 aliphatic rings. The SMILES string of the molecule is COc1cc(C(=O)[O-])cc(OC)c1N. The molecule has 0 aliphatic heterocycles. The summed E-state index contributed by atoms with van der Waals surface area (Å²) in [5.74, 6) is -0.797. The van der Waals surface area contributed by atoms with Crippen molar-refractivity contribution >= 4 is 11.7 Å². The molecule has 0 heterocycles. The molecule has 0 atom stereocenters. The summed E-state index contributed by atoms with van der Waals surface area (Å²) in [6, 6.07) is 2.57. The number of carboxylic acid groups (broad SMARTS) is 1. The van der Waals surface area contributed by atoms with Crippen molar-refractivity contribution < 1.29 is 19.4 Å². The lowest BCUT2D eigenvalue weighted by Crippen LogP contribution is -2.22. The van der Waals surface area contributed by atoms with Gasteiger partial charge in [0.15, 0.2) is 0 Å². The Labute approximate surface area is 81.0 Å². The molecule has 0 unspecified atom stereocenters. The molecule has 0 bridgehead atoms. The fraction of sp³-hybridized carbons (Fsp3) is 0.222. The van der Waals surface area contributed by atoms with Gasteiger partial charge in [-0.2, -0.15) is 0 Å². The highest BCUT2D eigenvalue weighted by Gasteiger charge is 2.09. The third kappa shape index (κ3) is 1.71. The number of ether oxygens (including phenoxy) is 2. The van der Waals surface area contributed by atoms with E-state index in [2.05, 4.69) is 0 Å². The first-order valence-corrected chi connectivity index (χ1v) is 3.83. The first-order chi connectivity index (χ1) is 6.60. The van der Waals surface area contributed by atoms with Crippen LogP contribution in [0.3, 0.4) is 0 Å². The number of aromatic carboxylic acids is 1. The first-order valence-electron chi connectivity index (χ1n) is 3.83. The number of benzene rings is 1. The molecule has 14 heavy (non-hydrogen) atoms. The van der Waals surface area contributed by atoms with Gasteiger partial charge < -0.3 is 25.1 Å². The number of carbonyl (C=O) groups excluding carboxylic acids is 1. The molecule has 5 heteroatoms. The van der Waals surface area contributed by atoms with Crippen molar-refractivity contribution in [1.29, 1.82) is 0 Å². The van der Waals surface area contributed by atoms with Crippen LogP contribution in [0.1, 0.15) is 10.4 Å². The van der Waals surface area contributed by atoms with Crippen LogP contribution in [0.4, 0.5) is 5.69 Å². The molecule has 76 valence electrons. The van der Waals surface area contributed by atoms with Gasteiger partial charge in [-0.25, -0.2) is 0 Å². The minimum Gasteiger partial charge on any atom is -0.545 e. The third-order valence-electron chi connectivity index (χ3n) is 1.78. The highest BCUT2D eigenvalue weighted by atomic mass is 16.5. The molecule has 0 fully saturated rings. The van der Waals surface area contributed by atoms with Gasteiger partial charge in [-0.15, -0.1) is 0 Å². The second-order valence-corrected chi connectivity index (χ2v) is 2.58. The summed E-state index contributed by atoms with van der Waals surface area (Å²) in [5.41, 5.74) is 5.84. The standard InChI is InChI=1S/C9H11NO4/c1-13-6-3-5(9(11)12)4-7(14-2)8(6)10/h3-4H,10H2,1-2H3,(H,11,12)/p-1. The molecular weight excluding hydrogens is 186 g/mol. The van der Waals surface area contributed by atoms with Crippen LogP contribution in [0.2, 0.25) is 0 Å². The van der Waals surface area contributed by atoms with Crippen LogP contribution >= 0.6 is 0 Å². The molecule has 1 aromatic carbocycles. The Morgan fingerprint density at radius 1 is 1.29 bits per heavy atom. The molecule has 1 rings (SSSR count). The van der Waals surface area contributed by atoms with Crippen LogP contribution in [0.15, 0.2) is 12.1 Å². The van der Waals surface area contributed by atoms with E-state index in [1.54, 1.807) is 0 Å². The molecule has 2 N–H and O–H groups in total. The average molecular weight is 196 g/mol. The lowest BCUT2D eigenvalue weighted by molar-refractivity contribution is -0.255. The van der Waals surface area contributed by atoms with E-state index in [4.69, 9.17) is 15.2 Å². The molecule has 0 amide bonds. The van der Waals surface area contributed by atoms with Crippen molar-refractivity contribution in [3.8, 4) is 11.5 Å². The predicted molar refractivity (Wildman–Crippen MR) is 48.3 cm³/mol. The van der Waals surface area contributed by atoms with E-state index in [1.807, 2.05) is 0 Å². The summed E-state index contributed by atoms with van der Waals surface area (Å²) in [7, 11) is 2.79. The second-order valence-electron chi connectivity index (χ2n) is 2.58.